The van der Waals surface area contributed by atoms with Crippen LogP contribution >= 0.6 is 0 Å². The Bertz CT molecular complexity index is 540. The van der Waals surface area contributed by atoms with Crippen LogP contribution in [0.1, 0.15) is 37.7 Å². The van der Waals surface area contributed by atoms with Crippen molar-refractivity contribution in [1.29, 1.82) is 0 Å². The van der Waals surface area contributed by atoms with Crippen molar-refractivity contribution in [3.8, 4) is 5.75 Å². The van der Waals surface area contributed by atoms with Crippen LogP contribution in [0.25, 0.3) is 0 Å². The monoisotopic (exact) mass is 331 g/mol. The molecule has 0 spiro atoms. The van der Waals surface area contributed by atoms with Gasteiger partial charge < -0.3 is 15.2 Å². The zero-order valence-electron chi connectivity index (χ0n) is 12.7. The minimum absolute atomic E-state index is 0.0125. The molecule has 0 aliphatic heterocycles. The molecule has 4 nitrogen and oxygen atoms in total. The number of hydrogen-bond donors (Lipinski definition) is 2. The van der Waals surface area contributed by atoms with Crippen LogP contribution in [-0.2, 0) is 11.3 Å². The van der Waals surface area contributed by atoms with Crippen molar-refractivity contribution in [1.82, 2.24) is 5.32 Å². The highest BCUT2D eigenvalue weighted by molar-refractivity contribution is 5.77. The van der Waals surface area contributed by atoms with Crippen LogP contribution in [0.3, 0.4) is 0 Å². The van der Waals surface area contributed by atoms with Gasteiger partial charge in [-0.05, 0) is 18.9 Å². The third-order valence-corrected chi connectivity index (χ3v) is 3.86. The lowest BCUT2D eigenvalue weighted by Crippen LogP contribution is -2.34. The van der Waals surface area contributed by atoms with Crippen LogP contribution in [0, 0.1) is 0 Å². The van der Waals surface area contributed by atoms with Crippen molar-refractivity contribution in [3.63, 3.8) is 0 Å². The summed E-state index contributed by atoms with van der Waals surface area (Å²) in [6.07, 6.45) is -1.39. The highest BCUT2D eigenvalue weighted by atomic mass is 19.4. The average molecular weight is 331 g/mol. The molecule has 7 heteroatoms. The number of para-hydroxylation sites is 1. The molecule has 1 aromatic rings. The fraction of sp³-hybridized carbons (Fsp3) is 0.562. The van der Waals surface area contributed by atoms with Gasteiger partial charge in [0.25, 0.3) is 0 Å². The topological polar surface area (TPSA) is 58.6 Å². The number of benzene rings is 1. The Kier molecular flexibility index (Phi) is 5.51. The van der Waals surface area contributed by atoms with E-state index in [-0.39, 0.29) is 24.6 Å². The van der Waals surface area contributed by atoms with E-state index in [1.807, 2.05) is 0 Å². The van der Waals surface area contributed by atoms with Gasteiger partial charge in [0.15, 0.2) is 6.61 Å². The molecule has 0 atom stereocenters. The number of aliphatic hydroxyl groups is 1. The van der Waals surface area contributed by atoms with E-state index >= 15 is 0 Å². The Morgan fingerprint density at radius 3 is 2.57 bits per heavy atom. The van der Waals surface area contributed by atoms with E-state index in [1.54, 1.807) is 18.2 Å². The molecule has 0 radical (unpaired) electrons. The number of halogens is 3. The summed E-state index contributed by atoms with van der Waals surface area (Å²) in [6.45, 7) is -1.32. The quantitative estimate of drug-likeness (QED) is 0.843. The fourth-order valence-electron chi connectivity index (χ4n) is 2.72. The van der Waals surface area contributed by atoms with E-state index in [9.17, 15) is 23.1 Å². The normalized spacial score (nSPS) is 17.0. The second-order valence-electron chi connectivity index (χ2n) is 5.90. The second kappa shape index (κ2) is 7.21. The van der Waals surface area contributed by atoms with Gasteiger partial charge in [-0.25, -0.2) is 0 Å². The molecule has 1 aliphatic rings. The van der Waals surface area contributed by atoms with Gasteiger partial charge in [-0.2, -0.15) is 13.2 Å². The van der Waals surface area contributed by atoms with Gasteiger partial charge in [0.05, 0.1) is 12.0 Å². The molecule has 2 N–H and O–H groups in total. The van der Waals surface area contributed by atoms with Crippen molar-refractivity contribution in [3.05, 3.63) is 29.8 Å². The summed E-state index contributed by atoms with van der Waals surface area (Å²) in [7, 11) is 0. The smallest absolute Gasteiger partial charge is 0.422 e. The van der Waals surface area contributed by atoms with E-state index in [0.717, 1.165) is 12.8 Å². The van der Waals surface area contributed by atoms with E-state index in [1.165, 1.54) is 6.07 Å². The van der Waals surface area contributed by atoms with Gasteiger partial charge in [-0.15, -0.1) is 0 Å². The SMILES string of the molecule is O=C(CC1(O)CCCC1)NCc1ccccc1OCC(F)(F)F. The van der Waals surface area contributed by atoms with Gasteiger partial charge in [-0.3, -0.25) is 4.79 Å². The first-order valence-corrected chi connectivity index (χ1v) is 7.54. The first kappa shape index (κ1) is 17.6. The zero-order valence-corrected chi connectivity index (χ0v) is 12.7. The molecular formula is C16H20F3NO3. The Morgan fingerprint density at radius 1 is 1.26 bits per heavy atom. The first-order chi connectivity index (χ1) is 10.8. The zero-order chi connectivity index (χ0) is 16.9. The average Bonchev–Trinajstić information content (AvgIpc) is 2.89. The highest BCUT2D eigenvalue weighted by Gasteiger charge is 2.33. The van der Waals surface area contributed by atoms with Crippen LogP contribution < -0.4 is 10.1 Å². The minimum Gasteiger partial charge on any atom is -0.484 e. The van der Waals surface area contributed by atoms with E-state index in [2.05, 4.69) is 5.32 Å². The summed E-state index contributed by atoms with van der Waals surface area (Å²) in [5.74, 6) is -0.232. The molecular weight excluding hydrogens is 311 g/mol. The molecule has 0 bridgehead atoms. The summed E-state index contributed by atoms with van der Waals surface area (Å²) in [6, 6.07) is 6.25. The molecule has 1 aromatic carbocycles. The molecule has 0 saturated heterocycles. The van der Waals surface area contributed by atoms with Gasteiger partial charge in [0, 0.05) is 12.1 Å². The molecule has 0 aromatic heterocycles. The number of hydrogen-bond acceptors (Lipinski definition) is 3. The first-order valence-electron chi connectivity index (χ1n) is 7.54. The summed E-state index contributed by atoms with van der Waals surface area (Å²) in [5, 5.41) is 12.8. The van der Waals surface area contributed by atoms with Crippen molar-refractivity contribution < 1.29 is 27.8 Å². The van der Waals surface area contributed by atoms with Crippen LogP contribution in [0.5, 0.6) is 5.75 Å². The Balaban J connectivity index is 1.88. The van der Waals surface area contributed by atoms with Gasteiger partial charge in [0.1, 0.15) is 5.75 Å². The molecule has 1 aliphatic carbocycles. The van der Waals surface area contributed by atoms with E-state index in [4.69, 9.17) is 4.74 Å². The molecule has 2 rings (SSSR count). The lowest BCUT2D eigenvalue weighted by Gasteiger charge is -2.21. The summed E-state index contributed by atoms with van der Waals surface area (Å²) < 4.78 is 41.5. The minimum atomic E-state index is -4.41. The lowest BCUT2D eigenvalue weighted by atomic mass is 9.97. The van der Waals surface area contributed by atoms with Crippen LogP contribution in [0.2, 0.25) is 0 Å². The number of carbonyl (C=O) groups excluding carboxylic acids is 1. The van der Waals surface area contributed by atoms with E-state index < -0.39 is 18.4 Å². The second-order valence-corrected chi connectivity index (χ2v) is 5.90. The number of amides is 1. The van der Waals surface area contributed by atoms with Crippen molar-refractivity contribution in [2.75, 3.05) is 6.61 Å². The molecule has 1 saturated carbocycles. The van der Waals surface area contributed by atoms with Crippen molar-refractivity contribution >= 4 is 5.91 Å². The number of ether oxygens (including phenoxy) is 1. The van der Waals surface area contributed by atoms with Crippen LogP contribution in [0.15, 0.2) is 24.3 Å². The third-order valence-electron chi connectivity index (χ3n) is 3.86. The third kappa shape index (κ3) is 5.74. The maximum absolute atomic E-state index is 12.2. The van der Waals surface area contributed by atoms with Crippen molar-refractivity contribution in [2.45, 2.75) is 50.4 Å². The Hall–Kier alpha value is -1.76. The standard InChI is InChI=1S/C16H20F3NO3/c17-16(18,19)11-23-13-6-2-1-5-12(13)10-20-14(21)9-15(22)7-3-4-8-15/h1-2,5-6,22H,3-4,7-11H2,(H,20,21). The van der Waals surface area contributed by atoms with E-state index in [0.29, 0.717) is 18.4 Å². The van der Waals surface area contributed by atoms with Gasteiger partial charge >= 0.3 is 6.18 Å². The molecule has 128 valence electrons. The van der Waals surface area contributed by atoms with Crippen LogP contribution in [-0.4, -0.2) is 29.4 Å². The van der Waals surface area contributed by atoms with Crippen LogP contribution in [0.4, 0.5) is 13.2 Å². The van der Waals surface area contributed by atoms with Gasteiger partial charge in [-0.1, -0.05) is 31.0 Å². The number of nitrogens with one attached hydrogen (secondary N) is 1. The lowest BCUT2D eigenvalue weighted by molar-refractivity contribution is -0.153. The molecule has 23 heavy (non-hydrogen) atoms. The fourth-order valence-corrected chi connectivity index (χ4v) is 2.72. The number of rotatable bonds is 6. The number of carbonyl (C=O) groups is 1. The maximum atomic E-state index is 12.2. The Labute approximate surface area is 132 Å². The predicted molar refractivity (Wildman–Crippen MR) is 77.9 cm³/mol. The molecule has 0 unspecified atom stereocenters. The predicted octanol–water partition coefficient (Wildman–Crippen LogP) is 2.94. The Morgan fingerprint density at radius 2 is 1.91 bits per heavy atom. The molecule has 1 fully saturated rings. The van der Waals surface area contributed by atoms with Crippen molar-refractivity contribution in [2.24, 2.45) is 0 Å². The molecule has 0 heterocycles. The highest BCUT2D eigenvalue weighted by Crippen LogP contribution is 2.32. The summed E-state index contributed by atoms with van der Waals surface area (Å²) >= 11 is 0. The molecule has 1 amide bonds. The summed E-state index contributed by atoms with van der Waals surface area (Å²) in [5.41, 5.74) is -0.486. The number of alkyl halides is 3. The maximum Gasteiger partial charge on any atom is 0.422 e. The largest absolute Gasteiger partial charge is 0.484 e. The summed E-state index contributed by atoms with van der Waals surface area (Å²) in [4.78, 5) is 11.9. The van der Waals surface area contributed by atoms with Gasteiger partial charge in [0.2, 0.25) is 5.91 Å².